The van der Waals surface area contributed by atoms with Gasteiger partial charge in [-0.25, -0.2) is 4.79 Å². The molecular weight excluding hydrogens is 390 g/mol. The number of carbonyl (C=O) groups is 2. The Morgan fingerprint density at radius 1 is 1.55 bits per heavy atom. The fourth-order valence-corrected chi connectivity index (χ4v) is 4.33. The number of hydrogen-bond donors (Lipinski definition) is 1. The standard InChI is InChI=1S/C21H21N3O4S/c1-3-10-24(2)21(26)28-15-6-8-16-17(13-22)20(29-18(16)12-15)23-19(25)9-7-14-5-4-11-27-14/h3-5,7,9,11,15H,1,6,8,10,12H2,2H3,(H,23,25). The van der Waals surface area contributed by atoms with Crippen LogP contribution in [-0.4, -0.2) is 36.6 Å². The number of rotatable bonds is 6. The molecule has 2 aromatic heterocycles. The van der Waals surface area contributed by atoms with Crippen LogP contribution in [0.4, 0.5) is 9.80 Å². The number of carbonyl (C=O) groups excluding carboxylic acids is 2. The van der Waals surface area contributed by atoms with Gasteiger partial charge in [0.2, 0.25) is 5.91 Å². The second-order valence-electron chi connectivity index (χ2n) is 6.58. The lowest BCUT2D eigenvalue weighted by atomic mass is 9.94. The number of fused-ring (bicyclic) bond motifs is 1. The summed E-state index contributed by atoms with van der Waals surface area (Å²) >= 11 is 1.35. The van der Waals surface area contributed by atoms with Crippen LogP contribution in [-0.2, 0) is 22.4 Å². The molecule has 1 N–H and O–H groups in total. The quantitative estimate of drug-likeness (QED) is 0.573. The Morgan fingerprint density at radius 3 is 3.07 bits per heavy atom. The van der Waals surface area contributed by atoms with Crippen LogP contribution in [0.25, 0.3) is 6.08 Å². The molecule has 0 radical (unpaired) electrons. The number of nitrogens with one attached hydrogen (secondary N) is 1. The van der Waals surface area contributed by atoms with Crippen LogP contribution in [0.5, 0.6) is 0 Å². The van der Waals surface area contributed by atoms with Gasteiger partial charge in [-0.05, 0) is 36.6 Å². The maximum Gasteiger partial charge on any atom is 0.410 e. The summed E-state index contributed by atoms with van der Waals surface area (Å²) in [5.41, 5.74) is 1.41. The molecule has 150 valence electrons. The molecule has 1 atom stereocenters. The Labute approximate surface area is 172 Å². The van der Waals surface area contributed by atoms with Gasteiger partial charge in [-0.1, -0.05) is 6.08 Å². The molecule has 0 saturated heterocycles. The molecule has 7 nitrogen and oxygen atoms in total. The van der Waals surface area contributed by atoms with Gasteiger partial charge in [0.15, 0.2) is 0 Å². The fraction of sp³-hybridized carbons (Fsp3) is 0.286. The molecule has 0 saturated carbocycles. The van der Waals surface area contributed by atoms with Gasteiger partial charge in [0.25, 0.3) is 0 Å². The highest BCUT2D eigenvalue weighted by molar-refractivity contribution is 7.16. The molecule has 0 bridgehead atoms. The summed E-state index contributed by atoms with van der Waals surface area (Å²) in [5, 5.41) is 12.9. The lowest BCUT2D eigenvalue weighted by Crippen LogP contribution is -2.33. The van der Waals surface area contributed by atoms with E-state index in [0.717, 1.165) is 10.4 Å². The highest BCUT2D eigenvalue weighted by Gasteiger charge is 2.28. The second-order valence-corrected chi connectivity index (χ2v) is 7.68. The van der Waals surface area contributed by atoms with E-state index in [4.69, 9.17) is 9.15 Å². The summed E-state index contributed by atoms with van der Waals surface area (Å²) in [7, 11) is 1.65. The van der Waals surface area contributed by atoms with Gasteiger partial charge in [0.05, 0.1) is 11.8 Å². The molecule has 29 heavy (non-hydrogen) atoms. The molecule has 0 spiro atoms. The lowest BCUT2D eigenvalue weighted by Gasteiger charge is -2.25. The second kappa shape index (κ2) is 9.26. The third kappa shape index (κ3) is 4.95. The van der Waals surface area contributed by atoms with E-state index in [1.165, 1.54) is 28.6 Å². The zero-order valence-electron chi connectivity index (χ0n) is 16.0. The highest BCUT2D eigenvalue weighted by atomic mass is 32.1. The Balaban J connectivity index is 1.68. The Kier molecular flexibility index (Phi) is 6.52. The van der Waals surface area contributed by atoms with Crippen LogP contribution in [0.2, 0.25) is 0 Å². The minimum Gasteiger partial charge on any atom is -0.465 e. The maximum absolute atomic E-state index is 12.2. The van der Waals surface area contributed by atoms with E-state index in [1.54, 1.807) is 31.3 Å². The van der Waals surface area contributed by atoms with E-state index in [2.05, 4.69) is 18.0 Å². The first-order valence-electron chi connectivity index (χ1n) is 9.11. The van der Waals surface area contributed by atoms with Crippen molar-refractivity contribution in [3.63, 3.8) is 0 Å². The molecule has 3 rings (SSSR count). The maximum atomic E-state index is 12.2. The lowest BCUT2D eigenvalue weighted by molar-refractivity contribution is -0.111. The zero-order chi connectivity index (χ0) is 20.8. The number of anilines is 1. The van der Waals surface area contributed by atoms with Crippen LogP contribution in [0.3, 0.4) is 0 Å². The van der Waals surface area contributed by atoms with Gasteiger partial charge in [-0.15, -0.1) is 17.9 Å². The average molecular weight is 411 g/mol. The summed E-state index contributed by atoms with van der Waals surface area (Å²) in [6.45, 7) is 4.02. The zero-order valence-corrected chi connectivity index (χ0v) is 16.8. The van der Waals surface area contributed by atoms with Crippen LogP contribution >= 0.6 is 11.3 Å². The number of likely N-dealkylation sites (N-methyl/N-ethyl adjacent to an activating group) is 1. The van der Waals surface area contributed by atoms with E-state index < -0.39 is 6.09 Å². The summed E-state index contributed by atoms with van der Waals surface area (Å²) in [6, 6.07) is 5.67. The monoisotopic (exact) mass is 411 g/mol. The summed E-state index contributed by atoms with van der Waals surface area (Å²) in [5.74, 6) is 0.225. The third-order valence-corrected chi connectivity index (χ3v) is 5.66. The van der Waals surface area contributed by atoms with Crippen LogP contribution in [0.1, 0.15) is 28.2 Å². The van der Waals surface area contributed by atoms with Gasteiger partial charge >= 0.3 is 6.09 Å². The van der Waals surface area contributed by atoms with Gasteiger partial charge in [0.1, 0.15) is 22.9 Å². The number of hydrogen-bond acceptors (Lipinski definition) is 6. The molecule has 0 aliphatic heterocycles. The van der Waals surface area contributed by atoms with Crippen molar-refractivity contribution in [3.8, 4) is 6.07 Å². The molecule has 1 aliphatic carbocycles. The van der Waals surface area contributed by atoms with E-state index in [0.29, 0.717) is 42.1 Å². The van der Waals surface area contributed by atoms with Crippen molar-refractivity contribution in [2.45, 2.75) is 25.4 Å². The molecule has 2 aromatic rings. The van der Waals surface area contributed by atoms with Crippen molar-refractivity contribution >= 4 is 34.4 Å². The first-order valence-corrected chi connectivity index (χ1v) is 9.93. The first kappa shape index (κ1) is 20.4. The number of nitriles is 1. The summed E-state index contributed by atoms with van der Waals surface area (Å²) in [6.07, 6.45) is 7.21. The van der Waals surface area contributed by atoms with E-state index in [-0.39, 0.29) is 12.0 Å². The summed E-state index contributed by atoms with van der Waals surface area (Å²) < 4.78 is 10.7. The average Bonchev–Trinajstić information content (AvgIpc) is 3.33. The predicted molar refractivity (Wildman–Crippen MR) is 111 cm³/mol. The Bertz CT molecular complexity index is 969. The molecule has 8 heteroatoms. The summed E-state index contributed by atoms with van der Waals surface area (Å²) in [4.78, 5) is 26.7. The molecule has 1 aliphatic rings. The van der Waals surface area contributed by atoms with Gasteiger partial charge in [0, 0.05) is 31.0 Å². The number of amides is 2. The Morgan fingerprint density at radius 2 is 2.38 bits per heavy atom. The largest absolute Gasteiger partial charge is 0.465 e. The van der Waals surface area contributed by atoms with Crippen molar-refractivity contribution in [2.24, 2.45) is 0 Å². The highest BCUT2D eigenvalue weighted by Crippen LogP contribution is 2.38. The normalized spacial score (nSPS) is 15.4. The Hall–Kier alpha value is -3.31. The molecular formula is C21H21N3O4S. The van der Waals surface area contributed by atoms with E-state index >= 15 is 0 Å². The van der Waals surface area contributed by atoms with E-state index in [9.17, 15) is 14.9 Å². The fourth-order valence-electron chi connectivity index (χ4n) is 3.06. The van der Waals surface area contributed by atoms with Crippen LogP contribution < -0.4 is 5.32 Å². The number of ether oxygens (including phenoxy) is 1. The van der Waals surface area contributed by atoms with Crippen LogP contribution in [0.15, 0.2) is 41.5 Å². The SMILES string of the molecule is C=CCN(C)C(=O)OC1CCc2c(sc(NC(=O)C=Cc3ccco3)c2C#N)C1. The van der Waals surface area contributed by atoms with Crippen molar-refractivity contribution in [2.75, 3.05) is 18.9 Å². The van der Waals surface area contributed by atoms with Crippen molar-refractivity contribution in [1.82, 2.24) is 4.90 Å². The van der Waals surface area contributed by atoms with Crippen LogP contribution in [0, 0.1) is 11.3 Å². The molecule has 2 heterocycles. The minimum atomic E-state index is -0.396. The number of nitrogens with zero attached hydrogens (tertiary/aromatic N) is 2. The van der Waals surface area contributed by atoms with Gasteiger partial charge in [-0.2, -0.15) is 5.26 Å². The molecule has 0 aromatic carbocycles. The number of furan rings is 1. The third-order valence-electron chi connectivity index (χ3n) is 4.49. The number of thiophene rings is 1. The topological polar surface area (TPSA) is 95.6 Å². The first-order chi connectivity index (χ1) is 14.0. The smallest absolute Gasteiger partial charge is 0.410 e. The van der Waals surface area contributed by atoms with Gasteiger partial charge in [-0.3, -0.25) is 4.79 Å². The minimum absolute atomic E-state index is 0.255. The van der Waals surface area contributed by atoms with Crippen molar-refractivity contribution in [3.05, 3.63) is 58.9 Å². The van der Waals surface area contributed by atoms with Gasteiger partial charge < -0.3 is 19.4 Å². The van der Waals surface area contributed by atoms with Crippen molar-refractivity contribution in [1.29, 1.82) is 5.26 Å². The molecule has 2 amide bonds. The molecule has 1 unspecified atom stereocenters. The predicted octanol–water partition coefficient (Wildman–Crippen LogP) is 3.98. The van der Waals surface area contributed by atoms with Crippen molar-refractivity contribution < 1.29 is 18.7 Å². The molecule has 0 fully saturated rings. The van der Waals surface area contributed by atoms with E-state index in [1.807, 2.05) is 0 Å².